The monoisotopic (exact) mass is 415 g/mol. The smallest absolute Gasteiger partial charge is 0.411 e. The highest BCUT2D eigenvalue weighted by Crippen LogP contribution is 2.30. The lowest BCUT2D eigenvalue weighted by molar-refractivity contribution is -0.144. The van der Waals surface area contributed by atoms with E-state index in [1.165, 1.54) is 4.90 Å². The number of fused-ring (bicyclic) bond motifs is 1. The molecule has 1 aromatic carbocycles. The number of nitrogens with zero attached hydrogens (tertiary/aromatic N) is 3. The number of carbonyl (C=O) groups is 2. The Hall–Kier alpha value is -2.61. The number of morpholine rings is 1. The summed E-state index contributed by atoms with van der Waals surface area (Å²) in [6.45, 7) is 7.54. The highest BCUT2D eigenvalue weighted by molar-refractivity contribution is 5.86. The fraction of sp³-hybridized carbons (Fsp3) is 0.591. The third-order valence-corrected chi connectivity index (χ3v) is 5.43. The topological polar surface area (TPSA) is 85.1 Å². The van der Waals surface area contributed by atoms with Crippen LogP contribution in [0.1, 0.15) is 45.4 Å². The van der Waals surface area contributed by atoms with Crippen LogP contribution in [0.25, 0.3) is 11.1 Å². The number of rotatable bonds is 2. The summed E-state index contributed by atoms with van der Waals surface area (Å²) in [6.07, 6.45) is 1.29. The molecule has 2 unspecified atom stereocenters. The SMILES string of the molecule is CC(C)(C)OC(=O)N1CCOCC1C(=O)N1CCCC(c2nc3ccccc3o2)C1. The first-order chi connectivity index (χ1) is 14.3. The number of oxazole rings is 1. The van der Waals surface area contributed by atoms with Crippen LogP contribution in [0, 0.1) is 0 Å². The van der Waals surface area contributed by atoms with Gasteiger partial charge in [0.05, 0.1) is 19.1 Å². The van der Waals surface area contributed by atoms with Crippen LogP contribution in [0.3, 0.4) is 0 Å². The highest BCUT2D eigenvalue weighted by atomic mass is 16.6. The first-order valence-electron chi connectivity index (χ1n) is 10.5. The first-order valence-corrected chi connectivity index (χ1v) is 10.5. The first kappa shape index (κ1) is 20.7. The van der Waals surface area contributed by atoms with Gasteiger partial charge in [-0.25, -0.2) is 9.78 Å². The number of amides is 2. The molecule has 2 aromatic rings. The lowest BCUT2D eigenvalue weighted by atomic mass is 9.97. The molecule has 8 nitrogen and oxygen atoms in total. The average molecular weight is 415 g/mol. The maximum absolute atomic E-state index is 13.3. The summed E-state index contributed by atoms with van der Waals surface area (Å²) in [5, 5.41) is 0. The van der Waals surface area contributed by atoms with Gasteiger partial charge in [0.25, 0.3) is 0 Å². The Morgan fingerprint density at radius 3 is 2.77 bits per heavy atom. The van der Waals surface area contributed by atoms with Crippen molar-refractivity contribution in [2.45, 2.75) is 51.2 Å². The summed E-state index contributed by atoms with van der Waals surface area (Å²) < 4.78 is 17.0. The lowest BCUT2D eigenvalue weighted by Gasteiger charge is -2.40. The molecule has 2 saturated heterocycles. The Labute approximate surface area is 176 Å². The summed E-state index contributed by atoms with van der Waals surface area (Å²) in [5.41, 5.74) is 0.965. The molecule has 2 aliphatic rings. The van der Waals surface area contributed by atoms with Gasteiger partial charge in [0.15, 0.2) is 11.5 Å². The van der Waals surface area contributed by atoms with Crippen molar-refractivity contribution in [3.8, 4) is 0 Å². The predicted molar refractivity (Wildman–Crippen MR) is 110 cm³/mol. The number of likely N-dealkylation sites (tertiary alicyclic amines) is 1. The van der Waals surface area contributed by atoms with Crippen molar-refractivity contribution in [3.63, 3.8) is 0 Å². The van der Waals surface area contributed by atoms with Gasteiger partial charge >= 0.3 is 6.09 Å². The van der Waals surface area contributed by atoms with Gasteiger partial charge < -0.3 is 18.8 Å². The molecule has 0 aliphatic carbocycles. The molecule has 0 radical (unpaired) electrons. The van der Waals surface area contributed by atoms with Crippen LogP contribution in [-0.2, 0) is 14.3 Å². The minimum atomic E-state index is -0.670. The normalized spacial score (nSPS) is 22.9. The standard InChI is InChI=1S/C22H29N3O5/c1-22(2,3)30-21(27)25-11-12-28-14-17(25)20(26)24-10-6-7-15(13-24)19-23-16-8-4-5-9-18(16)29-19/h4-5,8-9,15,17H,6-7,10-14H2,1-3H3. The molecule has 2 fully saturated rings. The van der Waals surface area contributed by atoms with E-state index in [9.17, 15) is 9.59 Å². The minimum Gasteiger partial charge on any atom is -0.444 e. The van der Waals surface area contributed by atoms with E-state index in [2.05, 4.69) is 4.98 Å². The second-order valence-electron chi connectivity index (χ2n) is 8.91. The van der Waals surface area contributed by atoms with E-state index in [4.69, 9.17) is 13.9 Å². The van der Waals surface area contributed by atoms with Crippen molar-refractivity contribution < 1.29 is 23.5 Å². The molecule has 0 bridgehead atoms. The van der Waals surface area contributed by atoms with Crippen LogP contribution in [0.4, 0.5) is 4.79 Å². The van der Waals surface area contributed by atoms with E-state index in [1.54, 1.807) is 4.90 Å². The fourth-order valence-electron chi connectivity index (χ4n) is 4.00. The van der Waals surface area contributed by atoms with Crippen LogP contribution in [0.2, 0.25) is 0 Å². The van der Waals surface area contributed by atoms with Crippen molar-refractivity contribution in [2.75, 3.05) is 32.8 Å². The van der Waals surface area contributed by atoms with E-state index in [0.29, 0.717) is 32.1 Å². The third-order valence-electron chi connectivity index (χ3n) is 5.43. The van der Waals surface area contributed by atoms with E-state index in [1.807, 2.05) is 45.0 Å². The highest BCUT2D eigenvalue weighted by Gasteiger charge is 2.39. The zero-order chi connectivity index (χ0) is 21.3. The largest absolute Gasteiger partial charge is 0.444 e. The average Bonchev–Trinajstić information content (AvgIpc) is 3.16. The van der Waals surface area contributed by atoms with E-state index >= 15 is 0 Å². The van der Waals surface area contributed by atoms with Gasteiger partial charge in [-0.2, -0.15) is 0 Å². The van der Waals surface area contributed by atoms with E-state index in [0.717, 1.165) is 23.9 Å². The van der Waals surface area contributed by atoms with Gasteiger partial charge in [-0.15, -0.1) is 0 Å². The van der Waals surface area contributed by atoms with Crippen molar-refractivity contribution >= 4 is 23.1 Å². The Morgan fingerprint density at radius 2 is 2.00 bits per heavy atom. The second-order valence-corrected chi connectivity index (χ2v) is 8.91. The second kappa shape index (κ2) is 8.26. The van der Waals surface area contributed by atoms with Crippen molar-refractivity contribution in [1.82, 2.24) is 14.8 Å². The molecule has 2 aliphatic heterocycles. The lowest BCUT2D eigenvalue weighted by Crippen LogP contribution is -2.58. The van der Waals surface area contributed by atoms with E-state index in [-0.39, 0.29) is 18.4 Å². The Balaban J connectivity index is 1.47. The summed E-state index contributed by atoms with van der Waals surface area (Å²) >= 11 is 0. The molecule has 0 N–H and O–H groups in total. The molecule has 1 aromatic heterocycles. The number of hydrogen-bond acceptors (Lipinski definition) is 6. The number of carbonyl (C=O) groups excluding carboxylic acids is 2. The number of aromatic nitrogens is 1. The molecule has 2 amide bonds. The molecule has 162 valence electrons. The fourth-order valence-corrected chi connectivity index (χ4v) is 4.00. The van der Waals surface area contributed by atoms with Crippen molar-refractivity contribution in [2.24, 2.45) is 0 Å². The van der Waals surface area contributed by atoms with Crippen LogP contribution in [-0.4, -0.2) is 71.3 Å². The quantitative estimate of drug-likeness (QED) is 0.749. The summed E-state index contributed by atoms with van der Waals surface area (Å²) in [7, 11) is 0. The molecule has 4 rings (SSSR count). The number of para-hydroxylation sites is 2. The van der Waals surface area contributed by atoms with Gasteiger partial charge in [0.1, 0.15) is 17.2 Å². The molecule has 8 heteroatoms. The predicted octanol–water partition coefficient (Wildman–Crippen LogP) is 3.17. The molecular formula is C22H29N3O5. The molecule has 3 heterocycles. The summed E-state index contributed by atoms with van der Waals surface area (Å²) in [4.78, 5) is 33.9. The maximum Gasteiger partial charge on any atom is 0.411 e. The van der Waals surface area contributed by atoms with Gasteiger partial charge in [-0.3, -0.25) is 9.69 Å². The molecule has 0 spiro atoms. The van der Waals surface area contributed by atoms with Gasteiger partial charge in [0, 0.05) is 19.6 Å². The number of ether oxygens (including phenoxy) is 2. The number of piperidine rings is 1. The zero-order valence-corrected chi connectivity index (χ0v) is 17.8. The Morgan fingerprint density at radius 1 is 1.20 bits per heavy atom. The van der Waals surface area contributed by atoms with E-state index < -0.39 is 17.7 Å². The molecule has 30 heavy (non-hydrogen) atoms. The zero-order valence-electron chi connectivity index (χ0n) is 17.8. The maximum atomic E-state index is 13.3. The van der Waals surface area contributed by atoms with Crippen molar-refractivity contribution in [1.29, 1.82) is 0 Å². The van der Waals surface area contributed by atoms with Gasteiger partial charge in [-0.1, -0.05) is 12.1 Å². The minimum absolute atomic E-state index is 0.0367. The number of benzene rings is 1. The summed E-state index contributed by atoms with van der Waals surface area (Å²) in [5.74, 6) is 0.591. The Bertz CT molecular complexity index is 886. The third kappa shape index (κ3) is 4.43. The van der Waals surface area contributed by atoms with Crippen LogP contribution >= 0.6 is 0 Å². The molecular weight excluding hydrogens is 386 g/mol. The van der Waals surface area contributed by atoms with Gasteiger partial charge in [-0.05, 0) is 45.7 Å². The number of hydrogen-bond donors (Lipinski definition) is 0. The van der Waals surface area contributed by atoms with Crippen molar-refractivity contribution in [3.05, 3.63) is 30.2 Å². The van der Waals surface area contributed by atoms with Crippen LogP contribution in [0.15, 0.2) is 28.7 Å². The van der Waals surface area contributed by atoms with Gasteiger partial charge in [0.2, 0.25) is 5.91 Å². The Kier molecular flexibility index (Phi) is 5.69. The summed E-state index contributed by atoms with van der Waals surface area (Å²) in [6, 6.07) is 7.00. The van der Waals surface area contributed by atoms with Crippen LogP contribution in [0.5, 0.6) is 0 Å². The molecule has 2 atom stereocenters. The molecule has 0 saturated carbocycles. The van der Waals surface area contributed by atoms with Crippen LogP contribution < -0.4 is 0 Å².